The molecule has 20 heavy (non-hydrogen) atoms. The fourth-order valence-corrected chi connectivity index (χ4v) is 3.45. The number of alkyl halides is 1. The van der Waals surface area contributed by atoms with Crippen molar-refractivity contribution >= 4 is 34.2 Å². The van der Waals surface area contributed by atoms with Crippen molar-refractivity contribution in [1.82, 2.24) is 9.55 Å². The van der Waals surface area contributed by atoms with Crippen LogP contribution < -0.4 is 0 Å². The average molecular weight is 315 g/mol. The number of aromatic nitrogens is 2. The van der Waals surface area contributed by atoms with Crippen molar-refractivity contribution in [2.75, 3.05) is 0 Å². The van der Waals surface area contributed by atoms with Crippen LogP contribution in [-0.4, -0.2) is 9.55 Å². The molecule has 108 valence electrons. The summed E-state index contributed by atoms with van der Waals surface area (Å²) in [6, 6.07) is 3.06. The molecule has 0 atom stereocenters. The van der Waals surface area contributed by atoms with E-state index < -0.39 is 5.82 Å². The third kappa shape index (κ3) is 2.21. The first-order chi connectivity index (χ1) is 9.58. The molecule has 0 aliphatic heterocycles. The second-order valence-corrected chi connectivity index (χ2v) is 6.38. The SMILES string of the molecule is CCC1(Cn2c(CCl)nc3cc(F)c(Cl)cc32)CCC1. The number of fused-ring (bicyclic) bond motifs is 1. The zero-order chi connectivity index (χ0) is 14.3. The molecule has 1 aliphatic rings. The van der Waals surface area contributed by atoms with Crippen molar-refractivity contribution in [2.24, 2.45) is 5.41 Å². The van der Waals surface area contributed by atoms with Crippen molar-refractivity contribution < 1.29 is 4.39 Å². The molecule has 0 amide bonds. The van der Waals surface area contributed by atoms with Crippen LogP contribution in [0.5, 0.6) is 0 Å². The first-order valence-corrected chi connectivity index (χ1v) is 7.90. The first kappa shape index (κ1) is 14.2. The van der Waals surface area contributed by atoms with E-state index in [1.165, 1.54) is 25.3 Å². The molecule has 1 fully saturated rings. The van der Waals surface area contributed by atoms with E-state index in [4.69, 9.17) is 23.2 Å². The molecule has 0 saturated heterocycles. The fraction of sp³-hybridized carbons (Fsp3) is 0.533. The van der Waals surface area contributed by atoms with Crippen LogP contribution in [0.2, 0.25) is 5.02 Å². The summed E-state index contributed by atoms with van der Waals surface area (Å²) in [7, 11) is 0. The van der Waals surface area contributed by atoms with Gasteiger partial charge in [-0.15, -0.1) is 11.6 Å². The van der Waals surface area contributed by atoms with Gasteiger partial charge in [-0.3, -0.25) is 0 Å². The number of benzene rings is 1. The molecule has 1 aromatic heterocycles. The summed E-state index contributed by atoms with van der Waals surface area (Å²) < 4.78 is 15.7. The maximum atomic E-state index is 13.6. The highest BCUT2D eigenvalue weighted by molar-refractivity contribution is 6.31. The predicted molar refractivity (Wildman–Crippen MR) is 80.8 cm³/mol. The van der Waals surface area contributed by atoms with Crippen molar-refractivity contribution in [1.29, 1.82) is 0 Å². The summed E-state index contributed by atoms with van der Waals surface area (Å²) in [4.78, 5) is 4.44. The average Bonchev–Trinajstić information content (AvgIpc) is 2.72. The zero-order valence-electron chi connectivity index (χ0n) is 11.4. The standard InChI is InChI=1S/C15H17Cl2FN2/c1-2-15(4-3-5-15)9-20-13-6-10(17)11(18)7-12(13)19-14(20)8-16/h6-7H,2-5,8-9H2,1H3. The Morgan fingerprint density at radius 1 is 1.40 bits per heavy atom. The maximum absolute atomic E-state index is 13.6. The van der Waals surface area contributed by atoms with Gasteiger partial charge in [0.15, 0.2) is 0 Å². The third-order valence-electron chi connectivity index (χ3n) is 4.65. The molecule has 1 aromatic carbocycles. The van der Waals surface area contributed by atoms with Crippen LogP contribution in [0.3, 0.4) is 0 Å². The topological polar surface area (TPSA) is 17.8 Å². The molecule has 0 unspecified atom stereocenters. The number of rotatable bonds is 4. The lowest BCUT2D eigenvalue weighted by Crippen LogP contribution is -2.33. The van der Waals surface area contributed by atoms with Gasteiger partial charge in [0.2, 0.25) is 0 Å². The van der Waals surface area contributed by atoms with Gasteiger partial charge in [-0.2, -0.15) is 0 Å². The molecule has 3 rings (SSSR count). The van der Waals surface area contributed by atoms with E-state index in [0.717, 1.165) is 24.3 Å². The highest BCUT2D eigenvalue weighted by atomic mass is 35.5. The van der Waals surface area contributed by atoms with Gasteiger partial charge in [0, 0.05) is 12.6 Å². The van der Waals surface area contributed by atoms with Crippen molar-refractivity contribution in [3.63, 3.8) is 0 Å². The lowest BCUT2D eigenvalue weighted by Gasteiger charge is -2.42. The minimum atomic E-state index is -0.432. The van der Waals surface area contributed by atoms with Gasteiger partial charge in [0.25, 0.3) is 0 Å². The normalized spacial score (nSPS) is 17.4. The molecule has 5 heteroatoms. The third-order valence-corrected chi connectivity index (χ3v) is 5.18. The first-order valence-electron chi connectivity index (χ1n) is 6.99. The number of halogens is 3. The fourth-order valence-electron chi connectivity index (χ4n) is 3.08. The highest BCUT2D eigenvalue weighted by Gasteiger charge is 2.36. The molecule has 0 N–H and O–H groups in total. The Morgan fingerprint density at radius 2 is 2.15 bits per heavy atom. The Kier molecular flexibility index (Phi) is 3.67. The van der Waals surface area contributed by atoms with Gasteiger partial charge in [-0.25, -0.2) is 9.37 Å². The smallest absolute Gasteiger partial charge is 0.144 e. The molecule has 2 nitrogen and oxygen atoms in total. The summed E-state index contributed by atoms with van der Waals surface area (Å²) in [5.74, 6) is 0.690. The van der Waals surface area contributed by atoms with Gasteiger partial charge in [-0.1, -0.05) is 24.9 Å². The van der Waals surface area contributed by atoms with E-state index in [9.17, 15) is 4.39 Å². The number of imidazole rings is 1. The molecule has 0 radical (unpaired) electrons. The van der Waals surface area contributed by atoms with Crippen LogP contribution in [0, 0.1) is 11.2 Å². The lowest BCUT2D eigenvalue weighted by atomic mass is 9.67. The molecule has 0 bridgehead atoms. The van der Waals surface area contributed by atoms with E-state index in [0.29, 0.717) is 16.8 Å². The Morgan fingerprint density at radius 3 is 2.70 bits per heavy atom. The number of nitrogens with zero attached hydrogens (tertiary/aromatic N) is 2. The van der Waals surface area contributed by atoms with Gasteiger partial charge in [0.1, 0.15) is 11.6 Å². The van der Waals surface area contributed by atoms with Crippen LogP contribution in [-0.2, 0) is 12.4 Å². The van der Waals surface area contributed by atoms with E-state index in [2.05, 4.69) is 16.5 Å². The summed E-state index contributed by atoms with van der Waals surface area (Å²) in [5, 5.41) is 0.138. The summed E-state index contributed by atoms with van der Waals surface area (Å²) >= 11 is 11.9. The van der Waals surface area contributed by atoms with Gasteiger partial charge in [0.05, 0.1) is 21.9 Å². The Balaban J connectivity index is 2.10. The monoisotopic (exact) mass is 314 g/mol. The van der Waals surface area contributed by atoms with Crippen molar-refractivity contribution in [3.05, 3.63) is 28.8 Å². The van der Waals surface area contributed by atoms with E-state index in [1.807, 2.05) is 0 Å². The molecule has 1 aliphatic carbocycles. The van der Waals surface area contributed by atoms with E-state index in [1.54, 1.807) is 6.07 Å². The maximum Gasteiger partial charge on any atom is 0.144 e. The van der Waals surface area contributed by atoms with E-state index >= 15 is 0 Å². The number of hydrogen-bond donors (Lipinski definition) is 0. The van der Waals surface area contributed by atoms with Crippen LogP contribution in [0.4, 0.5) is 4.39 Å². The molecular weight excluding hydrogens is 298 g/mol. The minimum Gasteiger partial charge on any atom is -0.326 e. The predicted octanol–water partition coefficient (Wildman–Crippen LogP) is 5.15. The molecule has 2 aromatic rings. The zero-order valence-corrected chi connectivity index (χ0v) is 12.9. The minimum absolute atomic E-state index is 0.138. The molecule has 1 saturated carbocycles. The van der Waals surface area contributed by atoms with Crippen LogP contribution in [0.15, 0.2) is 12.1 Å². The van der Waals surface area contributed by atoms with E-state index in [-0.39, 0.29) is 5.02 Å². The van der Waals surface area contributed by atoms with Gasteiger partial charge >= 0.3 is 0 Å². The van der Waals surface area contributed by atoms with Crippen LogP contribution in [0.25, 0.3) is 11.0 Å². The lowest BCUT2D eigenvalue weighted by molar-refractivity contribution is 0.101. The summed E-state index contributed by atoms with van der Waals surface area (Å²) in [5.41, 5.74) is 1.86. The second-order valence-electron chi connectivity index (χ2n) is 5.71. The van der Waals surface area contributed by atoms with Crippen molar-refractivity contribution in [3.8, 4) is 0 Å². The summed E-state index contributed by atoms with van der Waals surface area (Å²) in [6.45, 7) is 3.12. The van der Waals surface area contributed by atoms with Crippen LogP contribution >= 0.6 is 23.2 Å². The molecular formula is C15H17Cl2FN2. The van der Waals surface area contributed by atoms with Crippen LogP contribution in [0.1, 0.15) is 38.4 Å². The Labute approximate surface area is 127 Å². The second kappa shape index (κ2) is 5.19. The highest BCUT2D eigenvalue weighted by Crippen LogP contribution is 2.46. The molecule has 0 spiro atoms. The summed E-state index contributed by atoms with van der Waals surface area (Å²) in [6.07, 6.45) is 4.90. The van der Waals surface area contributed by atoms with Gasteiger partial charge in [-0.05, 0) is 30.7 Å². The Bertz CT molecular complexity index is 641. The van der Waals surface area contributed by atoms with Gasteiger partial charge < -0.3 is 4.57 Å². The largest absolute Gasteiger partial charge is 0.326 e. The quantitative estimate of drug-likeness (QED) is 0.714. The Hall–Kier alpha value is -0.800. The number of hydrogen-bond acceptors (Lipinski definition) is 1. The van der Waals surface area contributed by atoms with Crippen molar-refractivity contribution in [2.45, 2.75) is 45.0 Å². The molecule has 1 heterocycles.